The second kappa shape index (κ2) is 3.87. The molecule has 3 rings (SSSR count). The van der Waals surface area contributed by atoms with Crippen LogP contribution in [0.2, 0.25) is 0 Å². The van der Waals surface area contributed by atoms with Gasteiger partial charge in [-0.3, -0.25) is 9.78 Å². The van der Waals surface area contributed by atoms with Crippen LogP contribution in [0.15, 0.2) is 54.9 Å². The molecule has 2 heterocycles. The molecule has 0 aliphatic rings. The lowest BCUT2D eigenvalue weighted by Crippen LogP contribution is -1.98. The van der Waals surface area contributed by atoms with Gasteiger partial charge >= 0.3 is 0 Å². The summed E-state index contributed by atoms with van der Waals surface area (Å²) in [5.74, 6) is 0. The van der Waals surface area contributed by atoms with Gasteiger partial charge in [-0.25, -0.2) is 0 Å². The maximum Gasteiger partial charge on any atom is 0.166 e. The minimum Gasteiger partial charge on any atom is -0.305 e. The molecule has 0 atom stereocenters. The van der Waals surface area contributed by atoms with Crippen molar-refractivity contribution in [2.45, 2.75) is 0 Å². The molecule has 1 aromatic carbocycles. The maximum absolute atomic E-state index is 11.1. The quantitative estimate of drug-likeness (QED) is 0.625. The first-order valence-corrected chi connectivity index (χ1v) is 5.36. The van der Waals surface area contributed by atoms with Crippen LogP contribution in [-0.2, 0) is 0 Å². The maximum atomic E-state index is 11.1. The largest absolute Gasteiger partial charge is 0.305 e. The second-order valence-corrected chi connectivity index (χ2v) is 3.79. The number of carbonyl (C=O) groups excluding carboxylic acids is 1. The van der Waals surface area contributed by atoms with Crippen LogP contribution in [0.25, 0.3) is 16.6 Å². The van der Waals surface area contributed by atoms with Crippen molar-refractivity contribution < 1.29 is 4.79 Å². The SMILES string of the molecule is O=Cc1cc2ccccc2n1-c1cccnc1. The van der Waals surface area contributed by atoms with Gasteiger partial charge in [-0.2, -0.15) is 0 Å². The Labute approximate surface area is 98.3 Å². The molecule has 0 bridgehead atoms. The molecule has 0 amide bonds. The second-order valence-electron chi connectivity index (χ2n) is 3.79. The minimum atomic E-state index is 0.638. The monoisotopic (exact) mass is 222 g/mol. The first-order valence-electron chi connectivity index (χ1n) is 5.36. The van der Waals surface area contributed by atoms with Crippen molar-refractivity contribution in [3.05, 3.63) is 60.6 Å². The Hall–Kier alpha value is -2.42. The molecule has 0 aliphatic carbocycles. The Balaban J connectivity index is 2.38. The van der Waals surface area contributed by atoms with Gasteiger partial charge in [0.25, 0.3) is 0 Å². The van der Waals surface area contributed by atoms with Gasteiger partial charge in [-0.05, 0) is 24.3 Å². The van der Waals surface area contributed by atoms with Crippen LogP contribution in [0.5, 0.6) is 0 Å². The number of pyridine rings is 1. The first-order chi connectivity index (χ1) is 8.40. The zero-order chi connectivity index (χ0) is 11.7. The van der Waals surface area contributed by atoms with Crippen LogP contribution in [0.1, 0.15) is 10.5 Å². The van der Waals surface area contributed by atoms with Crippen molar-refractivity contribution in [1.82, 2.24) is 9.55 Å². The van der Waals surface area contributed by atoms with Gasteiger partial charge in [0.15, 0.2) is 6.29 Å². The molecule has 0 unspecified atom stereocenters. The first kappa shape index (κ1) is 9.78. The molecule has 0 saturated heterocycles. The van der Waals surface area contributed by atoms with Crippen molar-refractivity contribution in [2.24, 2.45) is 0 Å². The van der Waals surface area contributed by atoms with E-state index in [9.17, 15) is 4.79 Å². The fourth-order valence-corrected chi connectivity index (χ4v) is 2.04. The number of fused-ring (bicyclic) bond motifs is 1. The Morgan fingerprint density at radius 1 is 1.12 bits per heavy atom. The number of aromatic nitrogens is 2. The predicted octanol–water partition coefficient (Wildman–Crippen LogP) is 2.84. The zero-order valence-electron chi connectivity index (χ0n) is 9.08. The lowest BCUT2D eigenvalue weighted by Gasteiger charge is -2.06. The summed E-state index contributed by atoms with van der Waals surface area (Å²) in [5.41, 5.74) is 2.55. The Bertz CT molecular complexity index is 671. The highest BCUT2D eigenvalue weighted by molar-refractivity contribution is 5.90. The highest BCUT2D eigenvalue weighted by atomic mass is 16.1. The van der Waals surface area contributed by atoms with Crippen molar-refractivity contribution in [3.63, 3.8) is 0 Å². The molecule has 0 aliphatic heterocycles. The zero-order valence-corrected chi connectivity index (χ0v) is 9.08. The number of hydrogen-bond donors (Lipinski definition) is 0. The average molecular weight is 222 g/mol. The van der Waals surface area contributed by atoms with E-state index < -0.39 is 0 Å². The molecular formula is C14H10N2O. The van der Waals surface area contributed by atoms with Crippen molar-refractivity contribution in [2.75, 3.05) is 0 Å². The van der Waals surface area contributed by atoms with E-state index in [1.165, 1.54) is 0 Å². The Kier molecular flexibility index (Phi) is 2.22. The predicted molar refractivity (Wildman–Crippen MR) is 66.5 cm³/mol. The summed E-state index contributed by atoms with van der Waals surface area (Å²) in [6, 6.07) is 13.6. The van der Waals surface area contributed by atoms with Gasteiger partial charge in [0.2, 0.25) is 0 Å². The average Bonchev–Trinajstić information content (AvgIpc) is 2.78. The molecule has 0 radical (unpaired) electrons. The smallest absolute Gasteiger partial charge is 0.166 e. The van der Waals surface area contributed by atoms with E-state index in [2.05, 4.69) is 4.98 Å². The Morgan fingerprint density at radius 3 is 2.76 bits per heavy atom. The van der Waals surface area contributed by atoms with Crippen LogP contribution in [0, 0.1) is 0 Å². The van der Waals surface area contributed by atoms with E-state index in [1.54, 1.807) is 12.4 Å². The minimum absolute atomic E-state index is 0.638. The van der Waals surface area contributed by atoms with Crippen LogP contribution < -0.4 is 0 Å². The normalized spacial score (nSPS) is 10.6. The molecule has 0 spiro atoms. The van der Waals surface area contributed by atoms with Gasteiger partial charge in [-0.15, -0.1) is 0 Å². The lowest BCUT2D eigenvalue weighted by molar-refractivity contribution is 0.111. The van der Waals surface area contributed by atoms with E-state index in [1.807, 2.05) is 47.0 Å². The van der Waals surface area contributed by atoms with Crippen LogP contribution in [0.4, 0.5) is 0 Å². The van der Waals surface area contributed by atoms with E-state index in [-0.39, 0.29) is 0 Å². The molecule has 0 fully saturated rings. The van der Waals surface area contributed by atoms with E-state index in [4.69, 9.17) is 0 Å². The van der Waals surface area contributed by atoms with Gasteiger partial charge in [0.05, 0.1) is 23.1 Å². The summed E-state index contributed by atoms with van der Waals surface area (Å²) in [5, 5.41) is 1.05. The van der Waals surface area contributed by atoms with Gasteiger partial charge in [-0.1, -0.05) is 18.2 Å². The number of carbonyl (C=O) groups is 1. The summed E-state index contributed by atoms with van der Waals surface area (Å²) in [6.45, 7) is 0. The van der Waals surface area contributed by atoms with Crippen molar-refractivity contribution >= 4 is 17.2 Å². The number of hydrogen-bond acceptors (Lipinski definition) is 2. The standard InChI is InChI=1S/C14H10N2O/c17-10-13-8-11-4-1-2-6-14(11)16(13)12-5-3-7-15-9-12/h1-10H. The fraction of sp³-hybridized carbons (Fsp3) is 0. The number of para-hydroxylation sites is 1. The van der Waals surface area contributed by atoms with Gasteiger partial charge < -0.3 is 4.57 Å². The van der Waals surface area contributed by atoms with Crippen LogP contribution >= 0.6 is 0 Å². The summed E-state index contributed by atoms with van der Waals surface area (Å²) in [7, 11) is 0. The van der Waals surface area contributed by atoms with Gasteiger partial charge in [0.1, 0.15) is 0 Å². The Morgan fingerprint density at radius 2 is 2.00 bits per heavy atom. The summed E-state index contributed by atoms with van der Waals surface area (Å²) >= 11 is 0. The number of rotatable bonds is 2. The summed E-state index contributed by atoms with van der Waals surface area (Å²) < 4.78 is 1.91. The number of nitrogens with zero attached hydrogens (tertiary/aromatic N) is 2. The topological polar surface area (TPSA) is 34.9 Å². The molecule has 3 nitrogen and oxygen atoms in total. The molecule has 0 N–H and O–H groups in total. The molecule has 0 saturated carbocycles. The third kappa shape index (κ3) is 1.52. The molecular weight excluding hydrogens is 212 g/mol. The fourth-order valence-electron chi connectivity index (χ4n) is 2.04. The summed E-state index contributed by atoms with van der Waals surface area (Å²) in [6.07, 6.45) is 4.34. The highest BCUT2D eigenvalue weighted by Crippen LogP contribution is 2.22. The third-order valence-electron chi connectivity index (χ3n) is 2.76. The van der Waals surface area contributed by atoms with E-state index in [0.717, 1.165) is 22.9 Å². The highest BCUT2D eigenvalue weighted by Gasteiger charge is 2.08. The van der Waals surface area contributed by atoms with E-state index in [0.29, 0.717) is 5.69 Å². The third-order valence-corrected chi connectivity index (χ3v) is 2.76. The molecule has 3 aromatic rings. The number of benzene rings is 1. The van der Waals surface area contributed by atoms with Gasteiger partial charge in [0, 0.05) is 11.6 Å². The molecule has 82 valence electrons. The van der Waals surface area contributed by atoms with Crippen molar-refractivity contribution in [1.29, 1.82) is 0 Å². The van der Waals surface area contributed by atoms with Crippen LogP contribution in [-0.4, -0.2) is 15.8 Å². The molecule has 2 aromatic heterocycles. The van der Waals surface area contributed by atoms with Crippen LogP contribution in [0.3, 0.4) is 0 Å². The van der Waals surface area contributed by atoms with E-state index >= 15 is 0 Å². The molecule has 17 heavy (non-hydrogen) atoms. The molecule has 3 heteroatoms. The summed E-state index contributed by atoms with van der Waals surface area (Å²) in [4.78, 5) is 15.2. The lowest BCUT2D eigenvalue weighted by atomic mass is 10.2. The van der Waals surface area contributed by atoms with Crippen molar-refractivity contribution in [3.8, 4) is 5.69 Å². The number of aldehydes is 1.